The largest absolute Gasteiger partial charge is 0.508 e. The second-order valence-electron chi connectivity index (χ2n) is 9.70. The van der Waals surface area contributed by atoms with Crippen LogP contribution < -0.4 is 9.47 Å². The molecule has 1 unspecified atom stereocenters. The van der Waals surface area contributed by atoms with Gasteiger partial charge in [0.15, 0.2) is 0 Å². The van der Waals surface area contributed by atoms with Crippen molar-refractivity contribution >= 4 is 11.1 Å². The molecule has 1 N–H and O–H groups in total. The first-order chi connectivity index (χ1) is 16.5. The molecule has 0 aliphatic carbocycles. The Kier molecular flexibility index (Phi) is 6.34. The number of rotatable bonds is 6. The Morgan fingerprint density at radius 1 is 1.06 bits per heavy atom. The van der Waals surface area contributed by atoms with Crippen LogP contribution in [0.4, 0.5) is 0 Å². The van der Waals surface area contributed by atoms with Gasteiger partial charge in [0, 0.05) is 23.7 Å². The summed E-state index contributed by atoms with van der Waals surface area (Å²) in [5.41, 5.74) is 5.33. The average Bonchev–Trinajstić information content (AvgIpc) is 3.29. The fourth-order valence-corrected chi connectivity index (χ4v) is 5.11. The van der Waals surface area contributed by atoms with Crippen molar-refractivity contribution < 1.29 is 14.6 Å². The van der Waals surface area contributed by atoms with E-state index in [1.54, 1.807) is 12.1 Å². The second-order valence-corrected chi connectivity index (χ2v) is 9.70. The minimum absolute atomic E-state index is 0.251. The van der Waals surface area contributed by atoms with E-state index in [4.69, 9.17) is 9.47 Å². The van der Waals surface area contributed by atoms with Gasteiger partial charge < -0.3 is 14.6 Å². The number of fused-ring (bicyclic) bond motifs is 1. The van der Waals surface area contributed by atoms with E-state index < -0.39 is 0 Å². The van der Waals surface area contributed by atoms with Gasteiger partial charge in [-0.3, -0.25) is 4.90 Å². The monoisotopic (exact) mass is 455 g/mol. The summed E-state index contributed by atoms with van der Waals surface area (Å²) in [5.74, 6) is 2.78. The summed E-state index contributed by atoms with van der Waals surface area (Å²) in [6.07, 6.45) is 1.01. The van der Waals surface area contributed by atoms with Crippen LogP contribution in [-0.2, 0) is 0 Å². The molecule has 5 rings (SSSR count). The number of benzene rings is 3. The molecule has 176 valence electrons. The van der Waals surface area contributed by atoms with Gasteiger partial charge in [-0.05, 0) is 79.8 Å². The van der Waals surface area contributed by atoms with Gasteiger partial charge in [-0.1, -0.05) is 49.4 Å². The number of aromatic hydroxyl groups is 1. The number of phenolic OH excluding ortho intramolecular Hbond substituents is 1. The predicted molar refractivity (Wildman–Crippen MR) is 137 cm³/mol. The van der Waals surface area contributed by atoms with Crippen LogP contribution in [0, 0.1) is 5.92 Å². The molecular formula is C30H33NO3. The average molecular weight is 456 g/mol. The van der Waals surface area contributed by atoms with Crippen LogP contribution in [0.1, 0.15) is 50.0 Å². The summed E-state index contributed by atoms with van der Waals surface area (Å²) in [7, 11) is 0. The standard InChI is InChI=1S/C30H33NO3/c1-20-15-16-31(18-20)21(2)19-33-26-13-11-23(12-14-26)30-29(24-7-6-8-25(32)17-24)22(3)27-9-4-5-10-28(27)34-30/h4-14,17,20-21,30,32H,15-16,18-19H2,1-3H3/t20-,21-,30?/m0/s1. The normalized spacial score (nSPS) is 21.1. The smallest absolute Gasteiger partial charge is 0.150 e. The first kappa shape index (κ1) is 22.5. The SMILES string of the molecule is CC1=C(c2cccc(O)c2)C(c2ccc(OC[C@H](C)N3CC[C@H](C)C3)cc2)Oc2ccccc21. The van der Waals surface area contributed by atoms with Crippen molar-refractivity contribution in [3.05, 3.63) is 89.5 Å². The molecule has 4 heteroatoms. The fourth-order valence-electron chi connectivity index (χ4n) is 5.11. The quantitative estimate of drug-likeness (QED) is 0.457. The van der Waals surface area contributed by atoms with E-state index in [1.807, 2.05) is 42.5 Å². The van der Waals surface area contributed by atoms with Crippen molar-refractivity contribution in [1.29, 1.82) is 0 Å². The van der Waals surface area contributed by atoms with Gasteiger partial charge in [0.05, 0.1) is 0 Å². The summed E-state index contributed by atoms with van der Waals surface area (Å²) < 4.78 is 12.7. The fraction of sp³-hybridized carbons (Fsp3) is 0.333. The molecule has 0 spiro atoms. The molecule has 0 bridgehead atoms. The molecule has 2 heterocycles. The van der Waals surface area contributed by atoms with Crippen molar-refractivity contribution in [1.82, 2.24) is 4.90 Å². The van der Waals surface area contributed by atoms with Crippen molar-refractivity contribution in [3.63, 3.8) is 0 Å². The predicted octanol–water partition coefficient (Wildman–Crippen LogP) is 6.57. The van der Waals surface area contributed by atoms with Gasteiger partial charge in [-0.2, -0.15) is 0 Å². The minimum Gasteiger partial charge on any atom is -0.508 e. The summed E-state index contributed by atoms with van der Waals surface area (Å²) in [4.78, 5) is 2.52. The molecule has 3 aromatic carbocycles. The number of hydrogen-bond donors (Lipinski definition) is 1. The van der Waals surface area contributed by atoms with Crippen LogP contribution in [0.15, 0.2) is 72.8 Å². The molecule has 1 saturated heterocycles. The molecule has 3 aromatic rings. The lowest BCUT2D eigenvalue weighted by Crippen LogP contribution is -2.35. The maximum Gasteiger partial charge on any atom is 0.150 e. The highest BCUT2D eigenvalue weighted by Crippen LogP contribution is 2.46. The zero-order chi connectivity index (χ0) is 23.7. The highest BCUT2D eigenvalue weighted by molar-refractivity contribution is 5.95. The molecule has 2 aliphatic heterocycles. The lowest BCUT2D eigenvalue weighted by atomic mass is 9.86. The summed E-state index contributed by atoms with van der Waals surface area (Å²) in [6, 6.07) is 24.2. The van der Waals surface area contributed by atoms with E-state index in [-0.39, 0.29) is 11.9 Å². The molecule has 0 radical (unpaired) electrons. The zero-order valence-electron chi connectivity index (χ0n) is 20.2. The number of ether oxygens (including phenoxy) is 2. The van der Waals surface area contributed by atoms with E-state index in [2.05, 4.69) is 43.9 Å². The van der Waals surface area contributed by atoms with Crippen LogP contribution in [0.5, 0.6) is 17.2 Å². The Balaban J connectivity index is 1.39. The highest BCUT2D eigenvalue weighted by Gasteiger charge is 2.29. The van der Waals surface area contributed by atoms with Crippen LogP contribution >= 0.6 is 0 Å². The number of phenols is 1. The van der Waals surface area contributed by atoms with Crippen molar-refractivity contribution in [2.45, 2.75) is 39.3 Å². The molecule has 2 aliphatic rings. The molecule has 3 atom stereocenters. The lowest BCUT2D eigenvalue weighted by molar-refractivity contribution is 0.169. The van der Waals surface area contributed by atoms with Gasteiger partial charge >= 0.3 is 0 Å². The van der Waals surface area contributed by atoms with Crippen LogP contribution in [0.25, 0.3) is 11.1 Å². The van der Waals surface area contributed by atoms with E-state index in [9.17, 15) is 5.11 Å². The Morgan fingerprint density at radius 3 is 2.59 bits per heavy atom. The Bertz CT molecular complexity index is 1180. The molecule has 0 saturated carbocycles. The molecule has 1 fully saturated rings. The topological polar surface area (TPSA) is 41.9 Å². The van der Waals surface area contributed by atoms with Crippen molar-refractivity contribution in [2.24, 2.45) is 5.92 Å². The van der Waals surface area contributed by atoms with E-state index in [0.29, 0.717) is 12.6 Å². The Morgan fingerprint density at radius 2 is 1.85 bits per heavy atom. The lowest BCUT2D eigenvalue weighted by Gasteiger charge is -2.31. The second kappa shape index (κ2) is 9.55. The highest BCUT2D eigenvalue weighted by atomic mass is 16.5. The molecule has 34 heavy (non-hydrogen) atoms. The summed E-state index contributed by atoms with van der Waals surface area (Å²) in [6.45, 7) is 9.70. The minimum atomic E-state index is -0.268. The Labute approximate surface area is 202 Å². The van der Waals surface area contributed by atoms with Crippen LogP contribution in [0.3, 0.4) is 0 Å². The molecule has 4 nitrogen and oxygen atoms in total. The van der Waals surface area contributed by atoms with Crippen LogP contribution in [0.2, 0.25) is 0 Å². The summed E-state index contributed by atoms with van der Waals surface area (Å²) >= 11 is 0. The number of para-hydroxylation sites is 1. The van der Waals surface area contributed by atoms with Gasteiger partial charge in [0.25, 0.3) is 0 Å². The maximum absolute atomic E-state index is 10.1. The number of allylic oxidation sites excluding steroid dienone is 1. The first-order valence-corrected chi connectivity index (χ1v) is 12.2. The van der Waals surface area contributed by atoms with Crippen LogP contribution in [-0.4, -0.2) is 35.7 Å². The molecule has 0 aromatic heterocycles. The van der Waals surface area contributed by atoms with E-state index >= 15 is 0 Å². The molecule has 0 amide bonds. The first-order valence-electron chi connectivity index (χ1n) is 12.2. The maximum atomic E-state index is 10.1. The van der Waals surface area contributed by atoms with Crippen molar-refractivity contribution in [3.8, 4) is 17.2 Å². The Hall–Kier alpha value is -3.24. The third-order valence-corrected chi connectivity index (χ3v) is 7.11. The zero-order valence-corrected chi connectivity index (χ0v) is 20.2. The molecular weight excluding hydrogens is 422 g/mol. The third-order valence-electron chi connectivity index (χ3n) is 7.11. The number of nitrogens with zero attached hydrogens (tertiary/aromatic N) is 1. The third kappa shape index (κ3) is 4.55. The van der Waals surface area contributed by atoms with E-state index in [0.717, 1.165) is 58.3 Å². The van der Waals surface area contributed by atoms with Crippen molar-refractivity contribution in [2.75, 3.05) is 19.7 Å². The number of likely N-dealkylation sites (tertiary alicyclic amines) is 1. The van der Waals surface area contributed by atoms with Gasteiger partial charge in [0.2, 0.25) is 0 Å². The van der Waals surface area contributed by atoms with Gasteiger partial charge in [-0.25, -0.2) is 0 Å². The van der Waals surface area contributed by atoms with Gasteiger partial charge in [0.1, 0.15) is 30.0 Å². The number of hydrogen-bond acceptors (Lipinski definition) is 4. The summed E-state index contributed by atoms with van der Waals surface area (Å²) in [5, 5.41) is 10.1. The van der Waals surface area contributed by atoms with E-state index in [1.165, 1.54) is 6.42 Å². The van der Waals surface area contributed by atoms with Gasteiger partial charge in [-0.15, -0.1) is 0 Å².